The fourth-order valence-electron chi connectivity index (χ4n) is 1.33. The molecule has 4 nitrogen and oxygen atoms in total. The number of thioether (sulfide) groups is 1. The summed E-state index contributed by atoms with van der Waals surface area (Å²) in [5.41, 5.74) is 5.81. The molecule has 6 heteroatoms. The normalized spacial score (nSPS) is 12.6. The van der Waals surface area contributed by atoms with Crippen molar-refractivity contribution in [3.63, 3.8) is 0 Å². The molecule has 0 radical (unpaired) electrons. The maximum absolute atomic E-state index is 5.82. The number of halogens is 1. The quantitative estimate of drug-likeness (QED) is 0.852. The molecule has 18 heavy (non-hydrogen) atoms. The fourth-order valence-corrected chi connectivity index (χ4v) is 2.20. The van der Waals surface area contributed by atoms with Crippen LogP contribution in [0.1, 0.15) is 31.1 Å². The van der Waals surface area contributed by atoms with E-state index >= 15 is 0 Å². The van der Waals surface area contributed by atoms with Crippen LogP contribution < -0.4 is 5.73 Å². The zero-order chi connectivity index (χ0) is 13.0. The Balaban J connectivity index is 1.94. The maximum atomic E-state index is 5.82. The summed E-state index contributed by atoms with van der Waals surface area (Å²) in [6.45, 7) is 1.98. The molecule has 1 unspecified atom stereocenters. The highest BCUT2D eigenvalue weighted by molar-refractivity contribution is 7.98. The Kier molecular flexibility index (Phi) is 4.63. The van der Waals surface area contributed by atoms with Crippen molar-refractivity contribution in [3.05, 3.63) is 41.0 Å². The van der Waals surface area contributed by atoms with Crippen molar-refractivity contribution in [2.75, 3.05) is 0 Å². The fraction of sp³-hybridized carbons (Fsp3) is 0.333. The van der Waals surface area contributed by atoms with Gasteiger partial charge in [-0.1, -0.05) is 23.7 Å². The van der Waals surface area contributed by atoms with Crippen LogP contribution in [-0.2, 0) is 5.75 Å². The second-order valence-corrected chi connectivity index (χ2v) is 5.29. The summed E-state index contributed by atoms with van der Waals surface area (Å²) in [6, 6.07) is 7.47. The summed E-state index contributed by atoms with van der Waals surface area (Å²) < 4.78 is 5.10. The second-order valence-electron chi connectivity index (χ2n) is 3.81. The van der Waals surface area contributed by atoms with E-state index < -0.39 is 0 Å². The topological polar surface area (TPSA) is 64.9 Å². The molecule has 0 bridgehead atoms. The first-order valence-corrected chi connectivity index (χ1v) is 7.02. The molecule has 0 aliphatic carbocycles. The lowest BCUT2D eigenvalue weighted by molar-refractivity contribution is 0.349. The van der Waals surface area contributed by atoms with Crippen LogP contribution in [0.5, 0.6) is 0 Å². The van der Waals surface area contributed by atoms with Gasteiger partial charge in [-0.15, -0.1) is 11.8 Å². The molecule has 0 spiro atoms. The van der Waals surface area contributed by atoms with E-state index in [1.165, 1.54) is 0 Å². The average molecular weight is 284 g/mol. The Bertz CT molecular complexity index is 500. The van der Waals surface area contributed by atoms with Crippen LogP contribution in [0.2, 0.25) is 5.02 Å². The molecular weight excluding hydrogens is 270 g/mol. The van der Waals surface area contributed by atoms with Crippen molar-refractivity contribution in [3.8, 4) is 0 Å². The third-order valence-electron chi connectivity index (χ3n) is 2.42. The smallest absolute Gasteiger partial charge is 0.243 e. The average Bonchev–Trinajstić information content (AvgIpc) is 2.86. The molecule has 0 amide bonds. The maximum Gasteiger partial charge on any atom is 0.243 e. The van der Waals surface area contributed by atoms with Crippen LogP contribution in [0.4, 0.5) is 0 Å². The van der Waals surface area contributed by atoms with Crippen LogP contribution in [0.15, 0.2) is 33.7 Å². The van der Waals surface area contributed by atoms with Gasteiger partial charge >= 0.3 is 0 Å². The molecule has 0 aliphatic heterocycles. The molecule has 0 saturated carbocycles. The third kappa shape index (κ3) is 3.48. The highest BCUT2D eigenvalue weighted by Gasteiger charge is 2.12. The van der Waals surface area contributed by atoms with Crippen molar-refractivity contribution in [2.45, 2.75) is 30.0 Å². The van der Waals surface area contributed by atoms with Gasteiger partial charge in [0, 0.05) is 9.92 Å². The predicted octanol–water partition coefficient (Wildman–Crippen LogP) is 3.43. The minimum absolute atomic E-state index is 0.174. The first kappa shape index (κ1) is 13.4. The van der Waals surface area contributed by atoms with E-state index in [-0.39, 0.29) is 6.04 Å². The van der Waals surface area contributed by atoms with Crippen LogP contribution in [-0.4, -0.2) is 10.1 Å². The zero-order valence-corrected chi connectivity index (χ0v) is 11.5. The van der Waals surface area contributed by atoms with Gasteiger partial charge in [0.05, 0.1) is 11.8 Å². The van der Waals surface area contributed by atoms with Gasteiger partial charge in [-0.2, -0.15) is 4.98 Å². The van der Waals surface area contributed by atoms with E-state index in [0.717, 1.165) is 16.3 Å². The van der Waals surface area contributed by atoms with E-state index in [4.69, 9.17) is 21.9 Å². The third-order valence-corrected chi connectivity index (χ3v) is 3.68. The second kappa shape index (κ2) is 6.22. The molecule has 0 fully saturated rings. The van der Waals surface area contributed by atoms with Gasteiger partial charge in [0.1, 0.15) is 0 Å². The first-order chi connectivity index (χ1) is 8.69. The molecule has 0 aliphatic rings. The molecule has 1 aromatic carbocycles. The van der Waals surface area contributed by atoms with E-state index in [1.54, 1.807) is 11.8 Å². The molecule has 2 N–H and O–H groups in total. The van der Waals surface area contributed by atoms with Gasteiger partial charge < -0.3 is 10.3 Å². The number of aromatic nitrogens is 2. The number of hydrogen-bond acceptors (Lipinski definition) is 5. The Hall–Kier alpha value is -1.04. The molecule has 0 saturated heterocycles. The van der Waals surface area contributed by atoms with E-state index in [9.17, 15) is 0 Å². The molecule has 1 heterocycles. The monoisotopic (exact) mass is 283 g/mol. The summed E-state index contributed by atoms with van der Waals surface area (Å²) in [6.07, 6.45) is 0.784. The van der Waals surface area contributed by atoms with Gasteiger partial charge in [-0.05, 0) is 30.7 Å². The van der Waals surface area contributed by atoms with Gasteiger partial charge in [0.2, 0.25) is 5.89 Å². The van der Waals surface area contributed by atoms with Gasteiger partial charge in [-0.25, -0.2) is 0 Å². The van der Waals surface area contributed by atoms with Gasteiger partial charge in [0.15, 0.2) is 5.82 Å². The number of hydrogen-bond donors (Lipinski definition) is 1. The van der Waals surface area contributed by atoms with Gasteiger partial charge in [0.25, 0.3) is 0 Å². The molecule has 96 valence electrons. The summed E-state index contributed by atoms with van der Waals surface area (Å²) in [7, 11) is 0. The minimum atomic E-state index is -0.174. The largest absolute Gasteiger partial charge is 0.338 e. The van der Waals surface area contributed by atoms with E-state index in [0.29, 0.717) is 17.5 Å². The summed E-state index contributed by atoms with van der Waals surface area (Å²) >= 11 is 7.45. The molecule has 2 rings (SSSR count). The zero-order valence-electron chi connectivity index (χ0n) is 9.97. The van der Waals surface area contributed by atoms with Crippen LogP contribution in [0.25, 0.3) is 0 Å². The standard InChI is InChI=1S/C12H14ClN3OS/c1-2-10(14)12-15-11(16-17-12)7-18-9-5-3-8(13)4-6-9/h3-6,10H,2,7,14H2,1H3. The highest BCUT2D eigenvalue weighted by atomic mass is 35.5. The summed E-state index contributed by atoms with van der Waals surface area (Å²) in [5, 5.41) is 4.64. The molecular formula is C12H14ClN3OS. The van der Waals surface area contributed by atoms with Crippen molar-refractivity contribution in [2.24, 2.45) is 5.73 Å². The lowest BCUT2D eigenvalue weighted by atomic mass is 10.2. The summed E-state index contributed by atoms with van der Waals surface area (Å²) in [4.78, 5) is 5.38. The molecule has 1 atom stereocenters. The van der Waals surface area contributed by atoms with Crippen LogP contribution >= 0.6 is 23.4 Å². The number of benzene rings is 1. The Labute approximate surface area is 115 Å². The SMILES string of the molecule is CCC(N)c1nc(CSc2ccc(Cl)cc2)no1. The number of rotatable bonds is 5. The number of nitrogens with two attached hydrogens (primary N) is 1. The molecule has 2 aromatic rings. The van der Waals surface area contributed by atoms with Gasteiger partial charge in [-0.3, -0.25) is 0 Å². The Morgan fingerprint density at radius 1 is 1.39 bits per heavy atom. The van der Waals surface area contributed by atoms with Crippen molar-refractivity contribution in [1.29, 1.82) is 0 Å². The first-order valence-electron chi connectivity index (χ1n) is 5.65. The lowest BCUT2D eigenvalue weighted by Gasteiger charge is -1.99. The molecule has 1 aromatic heterocycles. The van der Waals surface area contributed by atoms with Crippen LogP contribution in [0, 0.1) is 0 Å². The van der Waals surface area contributed by atoms with E-state index in [2.05, 4.69) is 10.1 Å². The lowest BCUT2D eigenvalue weighted by Crippen LogP contribution is -2.08. The van der Waals surface area contributed by atoms with Crippen molar-refractivity contribution < 1.29 is 4.52 Å². The predicted molar refractivity (Wildman–Crippen MR) is 72.5 cm³/mol. The van der Waals surface area contributed by atoms with E-state index in [1.807, 2.05) is 31.2 Å². The van der Waals surface area contributed by atoms with Crippen LogP contribution in [0.3, 0.4) is 0 Å². The Morgan fingerprint density at radius 2 is 2.11 bits per heavy atom. The van der Waals surface area contributed by atoms with Crippen molar-refractivity contribution in [1.82, 2.24) is 10.1 Å². The minimum Gasteiger partial charge on any atom is -0.338 e. The Morgan fingerprint density at radius 3 is 2.78 bits per heavy atom. The number of nitrogens with zero attached hydrogens (tertiary/aromatic N) is 2. The summed E-state index contributed by atoms with van der Waals surface area (Å²) in [5.74, 6) is 1.82. The highest BCUT2D eigenvalue weighted by Crippen LogP contribution is 2.23. The van der Waals surface area contributed by atoms with Crippen molar-refractivity contribution >= 4 is 23.4 Å².